The molecular weight excluding hydrogens is 732 g/mol. The number of nitrogens with zero attached hydrogens (tertiary/aromatic N) is 1. The Hall–Kier alpha value is -3.54. The predicted molar refractivity (Wildman–Crippen MR) is 215 cm³/mol. The molecule has 0 aromatic heterocycles. The number of hydrogen-bond donors (Lipinski definition) is 3. The molecule has 0 radical (unpaired) electrons. The number of benzene rings is 3. The molecule has 0 spiro atoms. The van der Waals surface area contributed by atoms with E-state index in [9.17, 15) is 33.3 Å². The molecular formula is C47H60F3NO6. The molecule has 57 heavy (non-hydrogen) atoms. The summed E-state index contributed by atoms with van der Waals surface area (Å²) in [7, 11) is 0. The summed E-state index contributed by atoms with van der Waals surface area (Å²) in [5.41, 5.74) is 3.56. The van der Waals surface area contributed by atoms with Crippen LogP contribution in [0.2, 0.25) is 0 Å². The van der Waals surface area contributed by atoms with Gasteiger partial charge in [0.15, 0.2) is 5.78 Å². The van der Waals surface area contributed by atoms with Crippen LogP contribution in [0.1, 0.15) is 123 Å². The second kappa shape index (κ2) is 19.0. The Balaban J connectivity index is 1.32. The summed E-state index contributed by atoms with van der Waals surface area (Å²) in [4.78, 5) is 16.4. The van der Waals surface area contributed by atoms with Crippen molar-refractivity contribution in [2.75, 3.05) is 19.7 Å². The van der Waals surface area contributed by atoms with Gasteiger partial charge >= 0.3 is 6.36 Å². The van der Waals surface area contributed by atoms with Crippen LogP contribution < -0.4 is 4.74 Å². The Labute approximate surface area is 335 Å². The molecule has 10 heteroatoms. The number of aliphatic hydroxyl groups is 3. The quantitative estimate of drug-likeness (QED) is 0.117. The molecule has 0 amide bonds. The zero-order chi connectivity index (χ0) is 40.6. The van der Waals surface area contributed by atoms with E-state index < -0.39 is 29.6 Å². The van der Waals surface area contributed by atoms with Crippen molar-refractivity contribution in [1.29, 1.82) is 0 Å². The van der Waals surface area contributed by atoms with Gasteiger partial charge in [0.1, 0.15) is 5.75 Å². The van der Waals surface area contributed by atoms with Gasteiger partial charge in [-0.25, -0.2) is 0 Å². The van der Waals surface area contributed by atoms with Crippen molar-refractivity contribution >= 4 is 5.78 Å². The molecule has 5 atom stereocenters. The van der Waals surface area contributed by atoms with Gasteiger partial charge in [-0.1, -0.05) is 92.4 Å². The van der Waals surface area contributed by atoms with E-state index in [2.05, 4.69) is 30.7 Å². The summed E-state index contributed by atoms with van der Waals surface area (Å²) in [5.74, 6) is -0.331. The molecule has 3 aromatic carbocycles. The molecule has 3 N–H and O–H groups in total. The van der Waals surface area contributed by atoms with E-state index in [1.165, 1.54) is 17.7 Å². The normalized spacial score (nSPS) is 25.5. The molecule has 2 saturated carbocycles. The Morgan fingerprint density at radius 2 is 1.68 bits per heavy atom. The summed E-state index contributed by atoms with van der Waals surface area (Å²) in [6, 6.07) is 21.5. The van der Waals surface area contributed by atoms with Gasteiger partial charge < -0.3 is 24.8 Å². The number of rotatable bonds is 13. The number of ketones is 1. The number of alkyl halides is 3. The minimum atomic E-state index is -4.81. The zero-order valence-electron chi connectivity index (χ0n) is 33.5. The molecule has 4 aliphatic rings. The van der Waals surface area contributed by atoms with Gasteiger partial charge in [0.05, 0.1) is 31.0 Å². The third kappa shape index (κ3) is 11.4. The zero-order valence-corrected chi connectivity index (χ0v) is 33.5. The lowest BCUT2D eigenvalue weighted by Gasteiger charge is -2.46. The lowest BCUT2D eigenvalue weighted by Crippen LogP contribution is -2.53. The Kier molecular flexibility index (Phi) is 14.4. The predicted octanol–water partition coefficient (Wildman–Crippen LogP) is 9.47. The maximum atomic E-state index is 14.5. The van der Waals surface area contributed by atoms with Crippen molar-refractivity contribution < 1.29 is 42.8 Å². The number of halogens is 3. The Morgan fingerprint density at radius 1 is 0.947 bits per heavy atom. The first-order valence-electron chi connectivity index (χ1n) is 20.8. The fraction of sp³-hybridized carbons (Fsp3) is 0.553. The first-order chi connectivity index (χ1) is 27.2. The largest absolute Gasteiger partial charge is 0.573 e. The fourth-order valence-corrected chi connectivity index (χ4v) is 9.65. The highest BCUT2D eigenvalue weighted by Gasteiger charge is 2.57. The van der Waals surface area contributed by atoms with Gasteiger partial charge in [-0.05, 0) is 111 Å². The number of carbonyl (C=O) groups excluding carboxylic acids is 1. The fourth-order valence-electron chi connectivity index (χ4n) is 9.65. The number of fused-ring (bicyclic) bond motifs is 8. The maximum absolute atomic E-state index is 14.5. The summed E-state index contributed by atoms with van der Waals surface area (Å²) in [6.45, 7) is 5.21. The summed E-state index contributed by atoms with van der Waals surface area (Å²) < 4.78 is 48.8. The van der Waals surface area contributed by atoms with Gasteiger partial charge in [0.2, 0.25) is 0 Å². The van der Waals surface area contributed by atoms with Crippen molar-refractivity contribution in [2.45, 2.75) is 134 Å². The van der Waals surface area contributed by atoms with Crippen molar-refractivity contribution in [3.63, 3.8) is 0 Å². The number of Topliss-reactive ketones (excluding diaryl/α,β-unsaturated/α-hetero) is 1. The van der Waals surface area contributed by atoms with Gasteiger partial charge in [0.25, 0.3) is 0 Å². The van der Waals surface area contributed by atoms with Crippen molar-refractivity contribution in [3.8, 4) is 5.75 Å². The Morgan fingerprint density at radius 3 is 2.40 bits per heavy atom. The number of hydrogen-bond acceptors (Lipinski definition) is 7. The van der Waals surface area contributed by atoms with Crippen LogP contribution in [0.25, 0.3) is 0 Å². The van der Waals surface area contributed by atoms with E-state index in [1.54, 1.807) is 12.1 Å². The second-order valence-corrected chi connectivity index (χ2v) is 17.2. The van der Waals surface area contributed by atoms with Crippen LogP contribution in [0.15, 0.2) is 84.4 Å². The third-order valence-electron chi connectivity index (χ3n) is 12.9. The lowest BCUT2D eigenvalue weighted by atomic mass is 9.64. The molecule has 3 aromatic rings. The van der Waals surface area contributed by atoms with E-state index in [-0.39, 0.29) is 49.6 Å². The van der Waals surface area contributed by atoms with Crippen LogP contribution >= 0.6 is 0 Å². The summed E-state index contributed by atoms with van der Waals surface area (Å²) in [6.07, 6.45) is 5.25. The van der Waals surface area contributed by atoms with Crippen LogP contribution in [0, 0.1) is 11.3 Å². The van der Waals surface area contributed by atoms with E-state index >= 15 is 0 Å². The molecule has 2 bridgehead atoms. The molecule has 4 aliphatic carbocycles. The van der Waals surface area contributed by atoms with Crippen LogP contribution in [-0.4, -0.2) is 69.9 Å². The molecule has 0 saturated heterocycles. The van der Waals surface area contributed by atoms with E-state index in [0.29, 0.717) is 50.7 Å². The van der Waals surface area contributed by atoms with Crippen LogP contribution in [0.5, 0.6) is 5.75 Å². The van der Waals surface area contributed by atoms with Crippen molar-refractivity contribution in [3.05, 3.63) is 112 Å². The molecule has 7 nitrogen and oxygen atoms in total. The standard InChI is InChI=1S/C47H60F3NO6/c1-33-10-9-24-45(2)43(41-22-18-36(26-38(52)19-15-33)27-42(41)44(54)37-13-7-4-8-14-37)23-25-46(45,55)32-51(28-34-16-20-40(21-17-34)57-47(48,49)50)29-39(53)31-56-30-35-11-5-3-6-12-35/h3,5-6,10-12,16-18,20-22,27,37-39,43,52-53,55H,4,7-9,13-15,19,23-26,28-32H2,1-2H3. The highest BCUT2D eigenvalue weighted by Crippen LogP contribution is 2.59. The molecule has 2 fully saturated rings. The SMILES string of the molecule is CC1=CCCC2(C)C(CCC2(O)CN(Cc2ccc(OC(F)(F)F)cc2)CC(O)COCc2ccccc2)c2ccc(cc2C(=O)C2CCCCC2)CC(O)CC1. The van der Waals surface area contributed by atoms with Gasteiger partial charge in [-0.2, -0.15) is 0 Å². The maximum Gasteiger partial charge on any atom is 0.573 e. The minimum absolute atomic E-state index is 0.0392. The van der Waals surface area contributed by atoms with Gasteiger partial charge in [0, 0.05) is 36.5 Å². The average molecular weight is 792 g/mol. The number of carbonyl (C=O) groups is 1. The van der Waals surface area contributed by atoms with E-state index in [1.807, 2.05) is 47.4 Å². The van der Waals surface area contributed by atoms with Gasteiger partial charge in [-0.3, -0.25) is 9.69 Å². The molecule has 310 valence electrons. The summed E-state index contributed by atoms with van der Waals surface area (Å²) in [5, 5.41) is 35.4. The number of allylic oxidation sites excluding steroid dienone is 2. The van der Waals surface area contributed by atoms with E-state index in [4.69, 9.17) is 4.74 Å². The highest BCUT2D eigenvalue weighted by molar-refractivity contribution is 5.99. The van der Waals surface area contributed by atoms with Crippen molar-refractivity contribution in [2.24, 2.45) is 11.3 Å². The topological polar surface area (TPSA) is 99.5 Å². The van der Waals surface area contributed by atoms with Crippen LogP contribution in [0.3, 0.4) is 0 Å². The highest BCUT2D eigenvalue weighted by atomic mass is 19.4. The minimum Gasteiger partial charge on any atom is -0.406 e. The number of ether oxygens (including phenoxy) is 2. The Bertz CT molecular complexity index is 1790. The second-order valence-electron chi connectivity index (χ2n) is 17.2. The average Bonchev–Trinajstić information content (AvgIpc) is 3.42. The molecule has 5 unspecified atom stereocenters. The molecule has 0 aliphatic heterocycles. The van der Waals surface area contributed by atoms with Crippen molar-refractivity contribution in [1.82, 2.24) is 4.90 Å². The number of aliphatic hydroxyl groups excluding tert-OH is 2. The third-order valence-corrected chi connectivity index (χ3v) is 12.9. The van der Waals surface area contributed by atoms with Crippen LogP contribution in [0.4, 0.5) is 13.2 Å². The first kappa shape index (κ1) is 43.0. The van der Waals surface area contributed by atoms with Gasteiger partial charge in [-0.15, -0.1) is 13.2 Å². The summed E-state index contributed by atoms with van der Waals surface area (Å²) >= 11 is 0. The van der Waals surface area contributed by atoms with Crippen LogP contribution in [-0.2, 0) is 24.3 Å². The first-order valence-corrected chi connectivity index (χ1v) is 20.8. The smallest absolute Gasteiger partial charge is 0.406 e. The molecule has 0 heterocycles. The van der Waals surface area contributed by atoms with E-state index in [0.717, 1.165) is 60.8 Å². The molecule has 7 rings (SSSR count). The lowest BCUT2D eigenvalue weighted by molar-refractivity contribution is -0.274. The monoisotopic (exact) mass is 791 g/mol.